The molecule has 1 aliphatic heterocycles. The standard InChI is InChI=1S/C13H20N2O/c1-11-4-6-14-8-12(11)9-15-13(2)5-3-7-16-10-13/h4,6,8,15H,3,5,7,9-10H2,1-2H3. The molecule has 16 heavy (non-hydrogen) atoms. The largest absolute Gasteiger partial charge is 0.380 e. The third-order valence-electron chi connectivity index (χ3n) is 3.29. The van der Waals surface area contributed by atoms with E-state index >= 15 is 0 Å². The zero-order valence-electron chi connectivity index (χ0n) is 10.1. The molecular formula is C13H20N2O. The van der Waals surface area contributed by atoms with Crippen molar-refractivity contribution >= 4 is 0 Å². The van der Waals surface area contributed by atoms with Crippen LogP contribution in [0.3, 0.4) is 0 Å². The number of ether oxygens (including phenoxy) is 1. The second-order valence-electron chi connectivity index (χ2n) is 4.87. The van der Waals surface area contributed by atoms with Gasteiger partial charge in [-0.05, 0) is 43.9 Å². The first-order valence-electron chi connectivity index (χ1n) is 5.92. The quantitative estimate of drug-likeness (QED) is 0.846. The molecule has 1 N–H and O–H groups in total. The van der Waals surface area contributed by atoms with E-state index in [2.05, 4.69) is 30.2 Å². The number of nitrogens with zero attached hydrogens (tertiary/aromatic N) is 1. The van der Waals surface area contributed by atoms with Gasteiger partial charge in [0.2, 0.25) is 0 Å². The molecule has 1 aromatic heterocycles. The van der Waals surface area contributed by atoms with Crippen LogP contribution in [0.1, 0.15) is 30.9 Å². The van der Waals surface area contributed by atoms with Crippen molar-refractivity contribution in [1.29, 1.82) is 0 Å². The minimum Gasteiger partial charge on any atom is -0.380 e. The average molecular weight is 220 g/mol. The van der Waals surface area contributed by atoms with Crippen LogP contribution in [-0.4, -0.2) is 23.7 Å². The molecule has 0 amide bonds. The maximum Gasteiger partial charge on any atom is 0.0645 e. The van der Waals surface area contributed by atoms with Gasteiger partial charge in [0.05, 0.1) is 6.61 Å². The third kappa shape index (κ3) is 2.80. The van der Waals surface area contributed by atoms with E-state index < -0.39 is 0 Å². The molecule has 3 nitrogen and oxygen atoms in total. The normalized spacial score (nSPS) is 25.6. The number of aryl methyl sites for hydroxylation is 1. The van der Waals surface area contributed by atoms with Crippen molar-refractivity contribution in [2.45, 2.75) is 38.8 Å². The SMILES string of the molecule is Cc1ccncc1CNC1(C)CCCOC1. The van der Waals surface area contributed by atoms with Crippen molar-refractivity contribution in [1.82, 2.24) is 10.3 Å². The Labute approximate surface area is 97.2 Å². The lowest BCUT2D eigenvalue weighted by Crippen LogP contribution is -2.48. The minimum absolute atomic E-state index is 0.126. The molecule has 0 spiro atoms. The van der Waals surface area contributed by atoms with Gasteiger partial charge in [-0.2, -0.15) is 0 Å². The highest BCUT2D eigenvalue weighted by Crippen LogP contribution is 2.19. The van der Waals surface area contributed by atoms with Crippen LogP contribution in [0.4, 0.5) is 0 Å². The lowest BCUT2D eigenvalue weighted by molar-refractivity contribution is 0.0277. The predicted octanol–water partition coefficient (Wildman–Crippen LogP) is 2.05. The Morgan fingerprint density at radius 3 is 3.12 bits per heavy atom. The summed E-state index contributed by atoms with van der Waals surface area (Å²) in [5, 5.41) is 3.59. The Kier molecular flexibility index (Phi) is 3.56. The van der Waals surface area contributed by atoms with E-state index in [1.807, 2.05) is 12.4 Å². The molecule has 1 saturated heterocycles. The Bertz CT molecular complexity index is 346. The highest BCUT2D eigenvalue weighted by atomic mass is 16.5. The molecule has 2 rings (SSSR count). The highest BCUT2D eigenvalue weighted by molar-refractivity contribution is 5.21. The van der Waals surface area contributed by atoms with Crippen LogP contribution in [-0.2, 0) is 11.3 Å². The predicted molar refractivity (Wildman–Crippen MR) is 64.3 cm³/mol. The van der Waals surface area contributed by atoms with E-state index in [4.69, 9.17) is 4.74 Å². The summed E-state index contributed by atoms with van der Waals surface area (Å²) < 4.78 is 5.53. The molecule has 2 heterocycles. The van der Waals surface area contributed by atoms with Gasteiger partial charge < -0.3 is 10.1 Å². The Morgan fingerprint density at radius 2 is 2.44 bits per heavy atom. The molecule has 1 aliphatic rings. The molecule has 1 fully saturated rings. The van der Waals surface area contributed by atoms with Gasteiger partial charge in [0.1, 0.15) is 0 Å². The van der Waals surface area contributed by atoms with E-state index in [9.17, 15) is 0 Å². The summed E-state index contributed by atoms with van der Waals surface area (Å²) in [5.74, 6) is 0. The topological polar surface area (TPSA) is 34.2 Å². The number of hydrogen-bond donors (Lipinski definition) is 1. The monoisotopic (exact) mass is 220 g/mol. The van der Waals surface area contributed by atoms with Crippen molar-refractivity contribution in [3.8, 4) is 0 Å². The van der Waals surface area contributed by atoms with Crippen LogP contribution in [0, 0.1) is 6.92 Å². The molecule has 1 aromatic rings. The van der Waals surface area contributed by atoms with Gasteiger partial charge in [-0.1, -0.05) is 0 Å². The summed E-state index contributed by atoms with van der Waals surface area (Å²) in [6.45, 7) is 6.95. The van der Waals surface area contributed by atoms with E-state index in [0.717, 1.165) is 26.2 Å². The zero-order valence-corrected chi connectivity index (χ0v) is 10.1. The molecule has 0 radical (unpaired) electrons. The van der Waals surface area contributed by atoms with Gasteiger partial charge in [0, 0.05) is 31.1 Å². The molecule has 1 unspecified atom stereocenters. The Hall–Kier alpha value is -0.930. The van der Waals surface area contributed by atoms with Gasteiger partial charge in [-0.15, -0.1) is 0 Å². The second-order valence-corrected chi connectivity index (χ2v) is 4.87. The minimum atomic E-state index is 0.126. The maximum atomic E-state index is 5.53. The summed E-state index contributed by atoms with van der Waals surface area (Å²) in [7, 11) is 0. The lowest BCUT2D eigenvalue weighted by atomic mass is 9.94. The van der Waals surface area contributed by atoms with Crippen molar-refractivity contribution in [2.24, 2.45) is 0 Å². The average Bonchev–Trinajstić information content (AvgIpc) is 2.29. The van der Waals surface area contributed by atoms with Gasteiger partial charge in [-0.3, -0.25) is 4.98 Å². The van der Waals surface area contributed by atoms with Gasteiger partial charge in [-0.25, -0.2) is 0 Å². The van der Waals surface area contributed by atoms with Crippen molar-refractivity contribution < 1.29 is 4.74 Å². The molecule has 0 bridgehead atoms. The molecular weight excluding hydrogens is 200 g/mol. The fourth-order valence-electron chi connectivity index (χ4n) is 2.06. The first-order valence-corrected chi connectivity index (χ1v) is 5.92. The fourth-order valence-corrected chi connectivity index (χ4v) is 2.06. The van der Waals surface area contributed by atoms with E-state index in [-0.39, 0.29) is 5.54 Å². The molecule has 0 aromatic carbocycles. The van der Waals surface area contributed by atoms with Crippen LogP contribution >= 0.6 is 0 Å². The van der Waals surface area contributed by atoms with Crippen molar-refractivity contribution in [3.05, 3.63) is 29.6 Å². The van der Waals surface area contributed by atoms with Crippen molar-refractivity contribution in [3.63, 3.8) is 0 Å². The van der Waals surface area contributed by atoms with Gasteiger partial charge >= 0.3 is 0 Å². The molecule has 1 atom stereocenters. The van der Waals surface area contributed by atoms with Crippen LogP contribution in [0.25, 0.3) is 0 Å². The molecule has 0 saturated carbocycles. The van der Waals surface area contributed by atoms with E-state index in [0.29, 0.717) is 0 Å². The van der Waals surface area contributed by atoms with Crippen LogP contribution in [0.5, 0.6) is 0 Å². The van der Waals surface area contributed by atoms with Crippen LogP contribution in [0.15, 0.2) is 18.5 Å². The molecule has 3 heteroatoms. The zero-order chi connectivity index (χ0) is 11.4. The highest BCUT2D eigenvalue weighted by Gasteiger charge is 2.26. The summed E-state index contributed by atoms with van der Waals surface area (Å²) in [4.78, 5) is 4.16. The molecule has 0 aliphatic carbocycles. The smallest absolute Gasteiger partial charge is 0.0645 e. The Morgan fingerprint density at radius 1 is 1.56 bits per heavy atom. The van der Waals surface area contributed by atoms with Crippen molar-refractivity contribution in [2.75, 3.05) is 13.2 Å². The molecule has 88 valence electrons. The van der Waals surface area contributed by atoms with Gasteiger partial charge in [0.15, 0.2) is 0 Å². The van der Waals surface area contributed by atoms with Crippen LogP contribution < -0.4 is 5.32 Å². The summed E-state index contributed by atoms with van der Waals surface area (Å²) >= 11 is 0. The lowest BCUT2D eigenvalue weighted by Gasteiger charge is -2.34. The summed E-state index contributed by atoms with van der Waals surface area (Å²) in [6.07, 6.45) is 6.11. The second kappa shape index (κ2) is 4.93. The Balaban J connectivity index is 1.94. The van der Waals surface area contributed by atoms with Gasteiger partial charge in [0.25, 0.3) is 0 Å². The first kappa shape index (κ1) is 11.6. The fraction of sp³-hybridized carbons (Fsp3) is 0.615. The number of hydrogen-bond acceptors (Lipinski definition) is 3. The summed E-state index contributed by atoms with van der Waals surface area (Å²) in [6, 6.07) is 2.05. The van der Waals surface area contributed by atoms with E-state index in [1.165, 1.54) is 17.5 Å². The third-order valence-corrected chi connectivity index (χ3v) is 3.29. The summed E-state index contributed by atoms with van der Waals surface area (Å²) in [5.41, 5.74) is 2.69. The number of rotatable bonds is 3. The number of aromatic nitrogens is 1. The van der Waals surface area contributed by atoms with Crippen LogP contribution in [0.2, 0.25) is 0 Å². The van der Waals surface area contributed by atoms with E-state index in [1.54, 1.807) is 0 Å². The number of pyridine rings is 1. The first-order chi connectivity index (χ1) is 7.70. The maximum absolute atomic E-state index is 5.53. The number of nitrogens with one attached hydrogen (secondary N) is 1.